The summed E-state index contributed by atoms with van der Waals surface area (Å²) in [4.78, 5) is 36.9. The molecule has 51 heavy (non-hydrogen) atoms. The van der Waals surface area contributed by atoms with Crippen molar-refractivity contribution >= 4 is 32.2 Å². The van der Waals surface area contributed by atoms with E-state index < -0.39 is 10.4 Å². The molecule has 0 atom stereocenters. The first kappa shape index (κ1) is 33.3. The first-order valence-electron chi connectivity index (χ1n) is 16.1. The summed E-state index contributed by atoms with van der Waals surface area (Å²) in [6.07, 6.45) is 3.68. The van der Waals surface area contributed by atoms with E-state index in [0.29, 0.717) is 76.2 Å². The summed E-state index contributed by atoms with van der Waals surface area (Å²) in [6.45, 7) is 1.05. The molecule has 7 rings (SSSR count). The van der Waals surface area contributed by atoms with Crippen LogP contribution in [0.1, 0.15) is 25.0 Å². The summed E-state index contributed by atoms with van der Waals surface area (Å²) >= 11 is 0. The van der Waals surface area contributed by atoms with Gasteiger partial charge in [0, 0.05) is 24.2 Å². The molecule has 0 amide bonds. The molecule has 1 N–H and O–H groups in total. The first-order valence-corrected chi connectivity index (χ1v) is 17.4. The van der Waals surface area contributed by atoms with Crippen LogP contribution in [0, 0.1) is 0 Å². The Bertz CT molecular complexity index is 2600. The average Bonchev–Trinajstić information content (AvgIpc) is 3.57. The van der Waals surface area contributed by atoms with E-state index in [1.54, 1.807) is 98.9 Å². The van der Waals surface area contributed by atoms with Gasteiger partial charge in [-0.05, 0) is 92.1 Å². The molecule has 0 spiro atoms. The maximum absolute atomic E-state index is 13.7. The number of benzene rings is 4. The van der Waals surface area contributed by atoms with Gasteiger partial charge in [0.25, 0.3) is 21.5 Å². The normalized spacial score (nSPS) is 11.7. The fourth-order valence-electron chi connectivity index (χ4n) is 5.98. The van der Waals surface area contributed by atoms with Crippen LogP contribution in [0.5, 0.6) is 11.5 Å². The van der Waals surface area contributed by atoms with Gasteiger partial charge in [0.05, 0.1) is 40.2 Å². The molecule has 15 heteroatoms. The Labute approximate surface area is 290 Å². The maximum atomic E-state index is 13.7. The van der Waals surface area contributed by atoms with Crippen molar-refractivity contribution < 1.29 is 22.3 Å². The Morgan fingerprint density at radius 2 is 1.24 bits per heavy atom. The number of hydrogen-bond donors (Lipinski definition) is 1. The number of rotatable bonds is 12. The van der Waals surface area contributed by atoms with Crippen LogP contribution in [0.15, 0.2) is 113 Å². The molecular formula is C36H30N7O7S-. The molecule has 4 aromatic carbocycles. The summed E-state index contributed by atoms with van der Waals surface area (Å²) in [6, 6.07) is 26.5. The van der Waals surface area contributed by atoms with E-state index in [-0.39, 0.29) is 29.2 Å². The van der Waals surface area contributed by atoms with Crippen LogP contribution in [-0.4, -0.2) is 52.2 Å². The molecule has 0 aliphatic heterocycles. The van der Waals surface area contributed by atoms with E-state index in [1.807, 2.05) is 6.07 Å². The van der Waals surface area contributed by atoms with Crippen LogP contribution in [0.2, 0.25) is 0 Å². The number of aromatic hydroxyl groups is 1. The lowest BCUT2D eigenvalue weighted by Gasteiger charge is -2.15. The number of unbranched alkanes of at least 4 members (excludes halogenated alkanes) is 2. The molecule has 0 aliphatic carbocycles. The van der Waals surface area contributed by atoms with Crippen molar-refractivity contribution in [1.29, 1.82) is 0 Å². The number of fused-ring (bicyclic) bond motifs is 2. The molecule has 0 saturated carbocycles. The van der Waals surface area contributed by atoms with Crippen molar-refractivity contribution in [2.45, 2.75) is 38.9 Å². The van der Waals surface area contributed by atoms with Crippen LogP contribution in [0.4, 0.5) is 0 Å². The Morgan fingerprint density at radius 3 is 1.86 bits per heavy atom. The lowest BCUT2D eigenvalue weighted by molar-refractivity contribution is 0.372. The Morgan fingerprint density at radius 1 is 0.686 bits per heavy atom. The third-order valence-electron chi connectivity index (χ3n) is 8.43. The van der Waals surface area contributed by atoms with Gasteiger partial charge in [-0.25, -0.2) is 23.1 Å². The average molecular weight is 705 g/mol. The zero-order valence-electron chi connectivity index (χ0n) is 27.0. The number of phenolic OH excluding ortho intramolecular Hbond substituents is 1. The number of nitrogens with zero attached hydrogens (tertiary/aromatic N) is 7. The van der Waals surface area contributed by atoms with Crippen molar-refractivity contribution in [3.8, 4) is 34.3 Å². The summed E-state index contributed by atoms with van der Waals surface area (Å²) < 4.78 is 42.4. The third-order valence-corrected chi connectivity index (χ3v) is 8.83. The van der Waals surface area contributed by atoms with Crippen molar-refractivity contribution in [3.05, 3.63) is 130 Å². The highest BCUT2D eigenvalue weighted by molar-refractivity contribution is 7.81. The van der Waals surface area contributed by atoms with Crippen LogP contribution in [-0.2, 0) is 30.0 Å². The second-order valence-electron chi connectivity index (χ2n) is 11.8. The SMILES string of the molecule is O=c1c2ccccc2nc(-c2ccc(OS(=O)(=O)[O-])cc2)n1CCCCCn1nncc1Cn1c(-c2ccc(O)cc2)nc2ccccc2c1=O. The number of aromatic nitrogens is 7. The third kappa shape index (κ3) is 7.25. The fraction of sp³-hybridized carbons (Fsp3) is 0.167. The molecule has 0 unspecified atom stereocenters. The van der Waals surface area contributed by atoms with Crippen LogP contribution in [0.3, 0.4) is 0 Å². The molecule has 7 aromatic rings. The van der Waals surface area contributed by atoms with Crippen molar-refractivity contribution in [2.24, 2.45) is 0 Å². The maximum Gasteiger partial charge on any atom is 0.262 e. The second kappa shape index (κ2) is 14.0. The van der Waals surface area contributed by atoms with E-state index >= 15 is 0 Å². The minimum Gasteiger partial charge on any atom is -0.716 e. The summed E-state index contributed by atoms with van der Waals surface area (Å²) in [7, 11) is -4.93. The molecule has 258 valence electrons. The second-order valence-corrected chi connectivity index (χ2v) is 12.8. The van der Waals surface area contributed by atoms with Crippen LogP contribution < -0.4 is 15.3 Å². The van der Waals surface area contributed by atoms with E-state index in [9.17, 15) is 27.7 Å². The van der Waals surface area contributed by atoms with Gasteiger partial charge in [0.15, 0.2) is 0 Å². The summed E-state index contributed by atoms with van der Waals surface area (Å²) in [5.41, 5.74) is 2.60. The highest BCUT2D eigenvalue weighted by atomic mass is 32.3. The highest BCUT2D eigenvalue weighted by Crippen LogP contribution is 2.24. The summed E-state index contributed by atoms with van der Waals surface area (Å²) in [5.74, 6) is 0.811. The number of phenols is 1. The lowest BCUT2D eigenvalue weighted by Crippen LogP contribution is -2.25. The Balaban J connectivity index is 1.08. The van der Waals surface area contributed by atoms with Gasteiger partial charge in [-0.1, -0.05) is 29.5 Å². The molecule has 0 bridgehead atoms. The van der Waals surface area contributed by atoms with Crippen LogP contribution >= 0.6 is 0 Å². The molecule has 0 aliphatic rings. The smallest absolute Gasteiger partial charge is 0.262 e. The topological polar surface area (TPSA) is 187 Å². The van der Waals surface area contributed by atoms with Crippen LogP contribution in [0.25, 0.3) is 44.6 Å². The molecule has 14 nitrogen and oxygen atoms in total. The molecule has 0 radical (unpaired) electrons. The minimum absolute atomic E-state index is 0.106. The van der Waals surface area contributed by atoms with Gasteiger partial charge in [-0.3, -0.25) is 18.7 Å². The molecule has 3 aromatic heterocycles. The standard InChI is InChI=1S/C36H31N7O7S/c44-27-16-12-24(13-17-27)34-39-32-11-5-3-9-30(32)36(46)42(34)23-26-22-37-40-43(26)21-7-1-6-20-41-33(38-31-10-4-2-8-29(31)35(41)45)25-14-18-28(19-15-25)50-51(47,48)49/h2-5,8-19,22,44H,1,6-7,20-21,23H2,(H,47,48,49)/p-1. The minimum atomic E-state index is -4.93. The van der Waals surface area contributed by atoms with Gasteiger partial charge in [0.2, 0.25) is 0 Å². The quantitative estimate of drug-likeness (QED) is 0.107. The Hall–Kier alpha value is -6.19. The van der Waals surface area contributed by atoms with Crippen molar-refractivity contribution in [1.82, 2.24) is 34.1 Å². The Kier molecular flexibility index (Phi) is 9.13. The van der Waals surface area contributed by atoms with Gasteiger partial charge in [-0.15, -0.1) is 5.10 Å². The fourth-order valence-corrected chi connectivity index (χ4v) is 6.33. The van der Waals surface area contributed by atoms with Gasteiger partial charge < -0.3 is 13.8 Å². The van der Waals surface area contributed by atoms with E-state index in [0.717, 1.165) is 6.42 Å². The number of para-hydroxylation sites is 2. The predicted octanol–water partition coefficient (Wildman–Crippen LogP) is 4.50. The van der Waals surface area contributed by atoms with E-state index in [4.69, 9.17) is 9.97 Å². The number of aryl methyl sites for hydroxylation is 1. The van der Waals surface area contributed by atoms with Gasteiger partial charge >= 0.3 is 0 Å². The molecule has 0 saturated heterocycles. The van der Waals surface area contributed by atoms with E-state index in [2.05, 4.69) is 14.5 Å². The van der Waals surface area contributed by atoms with Gasteiger partial charge in [0.1, 0.15) is 23.1 Å². The number of hydrogen-bond acceptors (Lipinski definition) is 11. The monoisotopic (exact) mass is 704 g/mol. The predicted molar refractivity (Wildman–Crippen MR) is 188 cm³/mol. The highest BCUT2D eigenvalue weighted by Gasteiger charge is 2.17. The molecule has 0 fully saturated rings. The molecule has 3 heterocycles. The van der Waals surface area contributed by atoms with Crippen molar-refractivity contribution in [2.75, 3.05) is 0 Å². The lowest BCUT2D eigenvalue weighted by atomic mass is 10.1. The first-order chi connectivity index (χ1) is 24.6. The van der Waals surface area contributed by atoms with Crippen molar-refractivity contribution in [3.63, 3.8) is 0 Å². The van der Waals surface area contributed by atoms with Gasteiger partial charge in [-0.2, -0.15) is 0 Å². The zero-order valence-corrected chi connectivity index (χ0v) is 27.8. The zero-order chi connectivity index (χ0) is 35.5. The summed E-state index contributed by atoms with van der Waals surface area (Å²) in [5, 5.41) is 19.2. The van der Waals surface area contributed by atoms with E-state index in [1.165, 1.54) is 12.1 Å². The molecular weight excluding hydrogens is 675 g/mol. The largest absolute Gasteiger partial charge is 0.716 e.